The van der Waals surface area contributed by atoms with Gasteiger partial charge in [0, 0.05) is 18.7 Å². The van der Waals surface area contributed by atoms with Gasteiger partial charge in [-0.1, -0.05) is 0 Å². The zero-order valence-corrected chi connectivity index (χ0v) is 11.8. The van der Waals surface area contributed by atoms with E-state index in [0.29, 0.717) is 30.8 Å². The third kappa shape index (κ3) is 2.92. The van der Waals surface area contributed by atoms with Crippen molar-refractivity contribution in [2.24, 2.45) is 5.92 Å². The molecule has 1 aliphatic rings. The molecule has 1 atom stereocenters. The molecule has 1 N–H and O–H groups in total. The lowest BCUT2D eigenvalue weighted by atomic mass is 9.97. The lowest BCUT2D eigenvalue weighted by molar-refractivity contribution is -0.143. The van der Waals surface area contributed by atoms with Crippen LogP contribution < -0.4 is 4.74 Å². The number of methoxy groups -OCH3 is 1. The number of carboxylic acid groups (broad SMARTS) is 1. The molecule has 0 radical (unpaired) electrons. The van der Waals surface area contributed by atoms with Crippen LogP contribution in [0.1, 0.15) is 28.8 Å². The fourth-order valence-corrected chi connectivity index (χ4v) is 2.54. The molecule has 0 aromatic heterocycles. The van der Waals surface area contributed by atoms with E-state index in [4.69, 9.17) is 9.84 Å². The van der Waals surface area contributed by atoms with Crippen molar-refractivity contribution < 1.29 is 19.4 Å². The molecule has 108 valence electrons. The van der Waals surface area contributed by atoms with Gasteiger partial charge in [0.2, 0.25) is 0 Å². The van der Waals surface area contributed by atoms with Gasteiger partial charge >= 0.3 is 5.97 Å². The van der Waals surface area contributed by atoms with Crippen LogP contribution in [-0.2, 0) is 4.79 Å². The Morgan fingerprint density at radius 3 is 2.75 bits per heavy atom. The van der Waals surface area contributed by atoms with E-state index in [2.05, 4.69) is 0 Å². The molecule has 1 aromatic rings. The van der Waals surface area contributed by atoms with Gasteiger partial charge in [-0.2, -0.15) is 0 Å². The van der Waals surface area contributed by atoms with Crippen LogP contribution in [-0.4, -0.2) is 42.1 Å². The van der Waals surface area contributed by atoms with Crippen LogP contribution in [0.5, 0.6) is 5.75 Å². The van der Waals surface area contributed by atoms with Gasteiger partial charge in [0.1, 0.15) is 5.75 Å². The first kappa shape index (κ1) is 14.4. The first-order valence-corrected chi connectivity index (χ1v) is 6.69. The van der Waals surface area contributed by atoms with Gasteiger partial charge < -0.3 is 14.7 Å². The van der Waals surface area contributed by atoms with Crippen LogP contribution in [0.2, 0.25) is 0 Å². The molecule has 2 rings (SSSR count). The third-order valence-corrected chi connectivity index (χ3v) is 3.72. The summed E-state index contributed by atoms with van der Waals surface area (Å²) in [6.45, 7) is 2.77. The number of carbonyl (C=O) groups is 2. The fourth-order valence-electron chi connectivity index (χ4n) is 2.54. The van der Waals surface area contributed by atoms with Gasteiger partial charge in [-0.05, 0) is 43.5 Å². The molecule has 1 heterocycles. The lowest BCUT2D eigenvalue weighted by Gasteiger charge is -2.31. The van der Waals surface area contributed by atoms with E-state index in [1.165, 1.54) is 0 Å². The smallest absolute Gasteiger partial charge is 0.308 e. The number of carbonyl (C=O) groups excluding carboxylic acids is 1. The van der Waals surface area contributed by atoms with Crippen molar-refractivity contribution in [3.8, 4) is 5.75 Å². The van der Waals surface area contributed by atoms with Crippen LogP contribution in [0.4, 0.5) is 0 Å². The molecule has 1 amide bonds. The highest BCUT2D eigenvalue weighted by molar-refractivity contribution is 5.96. The summed E-state index contributed by atoms with van der Waals surface area (Å²) >= 11 is 0. The molecule has 0 saturated carbocycles. The molecule has 0 aliphatic carbocycles. The Bertz CT molecular complexity index is 527. The number of aryl methyl sites for hydroxylation is 1. The highest BCUT2D eigenvalue weighted by Crippen LogP contribution is 2.22. The van der Waals surface area contributed by atoms with Crippen molar-refractivity contribution in [2.45, 2.75) is 19.8 Å². The highest BCUT2D eigenvalue weighted by Gasteiger charge is 2.29. The summed E-state index contributed by atoms with van der Waals surface area (Å²) in [5.41, 5.74) is 1.45. The second-order valence-electron chi connectivity index (χ2n) is 5.11. The molecule has 0 spiro atoms. The van der Waals surface area contributed by atoms with E-state index >= 15 is 0 Å². The summed E-state index contributed by atoms with van der Waals surface area (Å²) < 4.78 is 5.12. The van der Waals surface area contributed by atoms with E-state index in [-0.39, 0.29) is 5.91 Å². The predicted molar refractivity (Wildman–Crippen MR) is 74.0 cm³/mol. The van der Waals surface area contributed by atoms with Crippen molar-refractivity contribution in [3.63, 3.8) is 0 Å². The van der Waals surface area contributed by atoms with Gasteiger partial charge in [-0.25, -0.2) is 0 Å². The number of likely N-dealkylation sites (tertiary alicyclic amines) is 1. The summed E-state index contributed by atoms with van der Waals surface area (Å²) in [5, 5.41) is 9.08. The molecule has 20 heavy (non-hydrogen) atoms. The van der Waals surface area contributed by atoms with Gasteiger partial charge in [0.15, 0.2) is 0 Å². The molecule has 5 heteroatoms. The minimum absolute atomic E-state index is 0.101. The van der Waals surface area contributed by atoms with E-state index in [0.717, 1.165) is 12.0 Å². The molecule has 1 aromatic carbocycles. The zero-order chi connectivity index (χ0) is 14.7. The average molecular weight is 277 g/mol. The van der Waals surface area contributed by atoms with Crippen LogP contribution in [0, 0.1) is 12.8 Å². The number of rotatable bonds is 3. The summed E-state index contributed by atoms with van der Waals surface area (Å²) in [6.07, 6.45) is 1.37. The molecule has 5 nitrogen and oxygen atoms in total. The number of amides is 1. The Labute approximate surface area is 118 Å². The average Bonchev–Trinajstić information content (AvgIpc) is 2.46. The number of hydrogen-bond donors (Lipinski definition) is 1. The number of ether oxygens (including phenoxy) is 1. The fraction of sp³-hybridized carbons (Fsp3) is 0.467. The molecule has 1 saturated heterocycles. The minimum Gasteiger partial charge on any atom is -0.497 e. The summed E-state index contributed by atoms with van der Waals surface area (Å²) in [4.78, 5) is 25.2. The second kappa shape index (κ2) is 5.94. The zero-order valence-electron chi connectivity index (χ0n) is 11.8. The standard InChI is InChI=1S/C15H19NO4/c1-10-8-12(20-2)5-6-13(10)14(17)16-7-3-4-11(9-16)15(18)19/h5-6,8,11H,3-4,7,9H2,1-2H3,(H,18,19)/t11-/m1/s1. The van der Waals surface area contributed by atoms with Gasteiger partial charge in [-0.15, -0.1) is 0 Å². The summed E-state index contributed by atoms with van der Waals surface area (Å²) in [7, 11) is 1.58. The van der Waals surface area contributed by atoms with Gasteiger partial charge in [0.25, 0.3) is 5.91 Å². The molecule has 1 fully saturated rings. The number of nitrogens with zero attached hydrogens (tertiary/aromatic N) is 1. The van der Waals surface area contributed by atoms with Crippen LogP contribution in [0.15, 0.2) is 18.2 Å². The molecule has 1 aliphatic heterocycles. The maximum absolute atomic E-state index is 12.5. The molecular weight excluding hydrogens is 258 g/mol. The third-order valence-electron chi connectivity index (χ3n) is 3.72. The maximum atomic E-state index is 12.5. The first-order valence-electron chi connectivity index (χ1n) is 6.69. The van der Waals surface area contributed by atoms with Crippen molar-refractivity contribution in [1.82, 2.24) is 4.90 Å². The van der Waals surface area contributed by atoms with E-state index in [1.54, 1.807) is 24.1 Å². The quantitative estimate of drug-likeness (QED) is 0.917. The number of carboxylic acids is 1. The molecule has 0 unspecified atom stereocenters. The largest absolute Gasteiger partial charge is 0.497 e. The van der Waals surface area contributed by atoms with Crippen LogP contribution in [0.25, 0.3) is 0 Å². The Hall–Kier alpha value is -2.04. The van der Waals surface area contributed by atoms with E-state index in [1.807, 2.05) is 13.0 Å². The molecule has 0 bridgehead atoms. The van der Waals surface area contributed by atoms with Crippen LogP contribution in [0.3, 0.4) is 0 Å². The Morgan fingerprint density at radius 1 is 1.40 bits per heavy atom. The van der Waals surface area contributed by atoms with Crippen molar-refractivity contribution in [3.05, 3.63) is 29.3 Å². The van der Waals surface area contributed by atoms with Crippen LogP contribution >= 0.6 is 0 Å². The number of benzene rings is 1. The number of piperidine rings is 1. The predicted octanol–water partition coefficient (Wildman–Crippen LogP) is 1.94. The van der Waals surface area contributed by atoms with Crippen molar-refractivity contribution >= 4 is 11.9 Å². The molecular formula is C15H19NO4. The van der Waals surface area contributed by atoms with Crippen molar-refractivity contribution in [2.75, 3.05) is 20.2 Å². The first-order chi connectivity index (χ1) is 9.52. The second-order valence-corrected chi connectivity index (χ2v) is 5.11. The number of hydrogen-bond acceptors (Lipinski definition) is 3. The summed E-state index contributed by atoms with van der Waals surface area (Å²) in [6, 6.07) is 5.30. The Morgan fingerprint density at radius 2 is 2.15 bits per heavy atom. The topological polar surface area (TPSA) is 66.8 Å². The number of aliphatic carboxylic acids is 1. The SMILES string of the molecule is COc1ccc(C(=O)N2CCC[C@@H](C(=O)O)C2)c(C)c1. The summed E-state index contributed by atoms with van der Waals surface area (Å²) in [5.74, 6) is -0.669. The van der Waals surface area contributed by atoms with E-state index in [9.17, 15) is 9.59 Å². The normalized spacial score (nSPS) is 18.7. The monoisotopic (exact) mass is 277 g/mol. The lowest BCUT2D eigenvalue weighted by Crippen LogP contribution is -2.42. The minimum atomic E-state index is -0.825. The van der Waals surface area contributed by atoms with Gasteiger partial charge in [0.05, 0.1) is 13.0 Å². The highest BCUT2D eigenvalue weighted by atomic mass is 16.5. The maximum Gasteiger partial charge on any atom is 0.308 e. The van der Waals surface area contributed by atoms with Gasteiger partial charge in [-0.3, -0.25) is 9.59 Å². The van der Waals surface area contributed by atoms with E-state index < -0.39 is 11.9 Å². The van der Waals surface area contributed by atoms with Crippen molar-refractivity contribution in [1.29, 1.82) is 0 Å². The Kier molecular flexibility index (Phi) is 4.27. The Balaban J connectivity index is 2.16.